The van der Waals surface area contributed by atoms with Crippen LogP contribution in [-0.2, 0) is 16.1 Å². The summed E-state index contributed by atoms with van der Waals surface area (Å²) in [6.45, 7) is 6.24. The van der Waals surface area contributed by atoms with Crippen LogP contribution in [0.4, 0.5) is 5.13 Å². The van der Waals surface area contributed by atoms with Crippen molar-refractivity contribution in [1.29, 1.82) is 0 Å². The second-order valence-electron chi connectivity index (χ2n) is 6.83. The van der Waals surface area contributed by atoms with Gasteiger partial charge in [-0.3, -0.25) is 9.69 Å². The summed E-state index contributed by atoms with van der Waals surface area (Å²) < 4.78 is 5.35. The molecule has 0 aromatic carbocycles. The van der Waals surface area contributed by atoms with E-state index in [0.29, 0.717) is 5.13 Å². The van der Waals surface area contributed by atoms with Crippen molar-refractivity contribution in [1.82, 2.24) is 9.88 Å². The first-order chi connectivity index (χ1) is 11.0. The SMILES string of the molecule is CC1(N)CCCCC1C(=O)Nc1nc(CN2CCOCC2)cs1.Cl.Cl. The number of halogens is 2. The van der Waals surface area contributed by atoms with Crippen LogP contribution < -0.4 is 11.1 Å². The van der Waals surface area contributed by atoms with Crippen LogP contribution in [-0.4, -0.2) is 47.6 Å². The lowest BCUT2D eigenvalue weighted by Crippen LogP contribution is -2.51. The van der Waals surface area contributed by atoms with Gasteiger partial charge in [0.1, 0.15) is 0 Å². The molecule has 1 amide bonds. The summed E-state index contributed by atoms with van der Waals surface area (Å²) in [7, 11) is 0. The van der Waals surface area contributed by atoms with E-state index in [0.717, 1.165) is 64.2 Å². The second-order valence-corrected chi connectivity index (χ2v) is 7.68. The van der Waals surface area contributed by atoms with Gasteiger partial charge in [0.05, 0.1) is 24.8 Å². The molecular weight excluding hydrogens is 383 g/mol. The number of thiazole rings is 1. The van der Waals surface area contributed by atoms with E-state index in [9.17, 15) is 4.79 Å². The summed E-state index contributed by atoms with van der Waals surface area (Å²) in [5, 5.41) is 5.67. The Kier molecular flexibility index (Phi) is 9.08. The Hall–Kier alpha value is -0.440. The third-order valence-electron chi connectivity index (χ3n) is 4.84. The van der Waals surface area contributed by atoms with Crippen LogP contribution in [0.1, 0.15) is 38.3 Å². The van der Waals surface area contributed by atoms with Gasteiger partial charge in [-0.25, -0.2) is 4.98 Å². The summed E-state index contributed by atoms with van der Waals surface area (Å²) in [5.41, 5.74) is 6.91. The van der Waals surface area contributed by atoms with Crippen LogP contribution >= 0.6 is 36.2 Å². The van der Waals surface area contributed by atoms with Crippen molar-refractivity contribution in [2.45, 2.75) is 44.7 Å². The number of aromatic nitrogens is 1. The van der Waals surface area contributed by atoms with Gasteiger partial charge in [0.2, 0.25) is 5.91 Å². The maximum absolute atomic E-state index is 12.5. The molecule has 1 aromatic heterocycles. The number of rotatable bonds is 4. The third-order valence-corrected chi connectivity index (χ3v) is 5.65. The number of ether oxygens (including phenoxy) is 1. The molecule has 1 saturated carbocycles. The van der Waals surface area contributed by atoms with Crippen molar-refractivity contribution in [3.05, 3.63) is 11.1 Å². The predicted molar refractivity (Wildman–Crippen MR) is 106 cm³/mol. The largest absolute Gasteiger partial charge is 0.379 e. The molecule has 1 aromatic rings. The molecule has 144 valence electrons. The van der Waals surface area contributed by atoms with Crippen molar-refractivity contribution < 1.29 is 9.53 Å². The highest BCUT2D eigenvalue weighted by Crippen LogP contribution is 2.32. The second kappa shape index (κ2) is 10.0. The number of carbonyl (C=O) groups excluding carboxylic acids is 1. The number of nitrogens with one attached hydrogen (secondary N) is 1. The van der Waals surface area contributed by atoms with Crippen LogP contribution in [0, 0.1) is 5.92 Å². The number of hydrogen-bond donors (Lipinski definition) is 2. The molecule has 1 aliphatic carbocycles. The minimum Gasteiger partial charge on any atom is -0.379 e. The van der Waals surface area contributed by atoms with Crippen molar-refractivity contribution in [2.24, 2.45) is 11.7 Å². The fourth-order valence-electron chi connectivity index (χ4n) is 3.41. The molecule has 25 heavy (non-hydrogen) atoms. The van der Waals surface area contributed by atoms with E-state index in [1.54, 1.807) is 0 Å². The zero-order valence-corrected chi connectivity index (χ0v) is 17.0. The monoisotopic (exact) mass is 410 g/mol. The fourth-order valence-corrected chi connectivity index (χ4v) is 4.11. The summed E-state index contributed by atoms with van der Waals surface area (Å²) in [6.07, 6.45) is 3.96. The lowest BCUT2D eigenvalue weighted by molar-refractivity contribution is -0.122. The van der Waals surface area contributed by atoms with Crippen LogP contribution in [0.15, 0.2) is 5.38 Å². The molecule has 6 nitrogen and oxygen atoms in total. The van der Waals surface area contributed by atoms with E-state index in [1.165, 1.54) is 11.3 Å². The van der Waals surface area contributed by atoms with E-state index in [-0.39, 0.29) is 36.6 Å². The Morgan fingerprint density at radius 1 is 1.44 bits per heavy atom. The molecule has 3 N–H and O–H groups in total. The minimum atomic E-state index is -0.407. The number of anilines is 1. The van der Waals surface area contributed by atoms with Gasteiger partial charge in [0, 0.05) is 30.6 Å². The number of nitrogens with zero attached hydrogens (tertiary/aromatic N) is 2. The standard InChI is InChI=1S/C16H26N4O2S.2ClH/c1-16(17)5-3-2-4-13(16)14(21)19-15-18-12(11-23-15)10-20-6-8-22-9-7-20;;/h11,13H,2-10,17H2,1H3,(H,18,19,21);2*1H. The Labute approximate surface area is 165 Å². The Balaban J connectivity index is 0.00000156. The van der Waals surface area contributed by atoms with Gasteiger partial charge < -0.3 is 15.8 Å². The highest BCUT2D eigenvalue weighted by molar-refractivity contribution is 7.13. The molecule has 0 spiro atoms. The van der Waals surface area contributed by atoms with Crippen LogP contribution in [0.3, 0.4) is 0 Å². The Morgan fingerprint density at radius 3 is 2.84 bits per heavy atom. The minimum absolute atomic E-state index is 0. The molecule has 0 radical (unpaired) electrons. The topological polar surface area (TPSA) is 80.5 Å². The first-order valence-electron chi connectivity index (χ1n) is 8.39. The molecule has 2 atom stereocenters. The van der Waals surface area contributed by atoms with Gasteiger partial charge in [0.15, 0.2) is 5.13 Å². The highest BCUT2D eigenvalue weighted by Gasteiger charge is 2.38. The smallest absolute Gasteiger partial charge is 0.231 e. The molecule has 2 fully saturated rings. The average molecular weight is 411 g/mol. The van der Waals surface area contributed by atoms with Gasteiger partial charge >= 0.3 is 0 Å². The van der Waals surface area contributed by atoms with Crippen molar-refractivity contribution in [3.63, 3.8) is 0 Å². The highest BCUT2D eigenvalue weighted by atomic mass is 35.5. The Morgan fingerprint density at radius 2 is 2.16 bits per heavy atom. The van der Waals surface area contributed by atoms with Crippen molar-refractivity contribution in [2.75, 3.05) is 31.6 Å². The Bertz CT molecular complexity index is 550. The van der Waals surface area contributed by atoms with Crippen LogP contribution in [0.5, 0.6) is 0 Å². The fraction of sp³-hybridized carbons (Fsp3) is 0.750. The van der Waals surface area contributed by atoms with Gasteiger partial charge in [-0.1, -0.05) is 12.8 Å². The van der Waals surface area contributed by atoms with Gasteiger partial charge in [0.25, 0.3) is 0 Å². The summed E-state index contributed by atoms with van der Waals surface area (Å²) in [6, 6.07) is 0. The zero-order valence-electron chi connectivity index (χ0n) is 14.5. The van der Waals surface area contributed by atoms with Crippen LogP contribution in [0.25, 0.3) is 0 Å². The molecular formula is C16H28Cl2N4O2S. The third kappa shape index (κ3) is 6.05. The maximum Gasteiger partial charge on any atom is 0.231 e. The molecule has 0 bridgehead atoms. The van der Waals surface area contributed by atoms with E-state index >= 15 is 0 Å². The maximum atomic E-state index is 12.5. The van der Waals surface area contributed by atoms with Crippen LogP contribution in [0.2, 0.25) is 0 Å². The van der Waals surface area contributed by atoms with E-state index in [1.807, 2.05) is 12.3 Å². The lowest BCUT2D eigenvalue weighted by atomic mass is 9.74. The average Bonchev–Trinajstić information content (AvgIpc) is 2.94. The predicted octanol–water partition coefficient (Wildman–Crippen LogP) is 2.67. The zero-order chi connectivity index (χ0) is 16.3. The first-order valence-corrected chi connectivity index (χ1v) is 9.27. The molecule has 1 saturated heterocycles. The van der Waals surface area contributed by atoms with Gasteiger partial charge in [-0.05, 0) is 19.8 Å². The quantitative estimate of drug-likeness (QED) is 0.796. The lowest BCUT2D eigenvalue weighted by Gasteiger charge is -2.36. The first kappa shape index (κ1) is 22.6. The molecule has 3 rings (SSSR count). The summed E-state index contributed by atoms with van der Waals surface area (Å²) in [5.74, 6) is -0.107. The number of morpholine rings is 1. The number of hydrogen-bond acceptors (Lipinski definition) is 6. The molecule has 2 unspecified atom stereocenters. The molecule has 2 aliphatic rings. The molecule has 9 heteroatoms. The van der Waals surface area contributed by atoms with Gasteiger partial charge in [-0.15, -0.1) is 36.2 Å². The van der Waals surface area contributed by atoms with Crippen molar-refractivity contribution in [3.8, 4) is 0 Å². The number of nitrogens with two attached hydrogens (primary N) is 1. The number of amides is 1. The van der Waals surface area contributed by atoms with E-state index < -0.39 is 5.54 Å². The summed E-state index contributed by atoms with van der Waals surface area (Å²) >= 11 is 1.49. The summed E-state index contributed by atoms with van der Waals surface area (Å²) in [4.78, 5) is 19.4. The number of carbonyl (C=O) groups is 1. The molecule has 2 heterocycles. The van der Waals surface area contributed by atoms with Crippen molar-refractivity contribution >= 4 is 47.2 Å². The van der Waals surface area contributed by atoms with E-state index in [2.05, 4.69) is 15.2 Å². The van der Waals surface area contributed by atoms with E-state index in [4.69, 9.17) is 10.5 Å². The van der Waals surface area contributed by atoms with Gasteiger partial charge in [-0.2, -0.15) is 0 Å². The molecule has 1 aliphatic heterocycles. The normalized spacial score (nSPS) is 27.0.